The monoisotopic (exact) mass is 626 g/mol. The molecule has 10 rings (SSSR count). The summed E-state index contributed by atoms with van der Waals surface area (Å²) in [5, 5.41) is 7.36. The van der Waals surface area contributed by atoms with Gasteiger partial charge in [0.15, 0.2) is 0 Å². The van der Waals surface area contributed by atoms with E-state index in [0.29, 0.717) is 0 Å². The molecule has 0 fully saturated rings. The molecule has 1 aliphatic carbocycles. The maximum Gasteiger partial charge on any atom is 0.0546 e. The Hall–Kier alpha value is -6.12. The number of hydrogen-bond donors (Lipinski definition) is 1. The molecule has 1 aliphatic rings. The van der Waals surface area contributed by atoms with Crippen molar-refractivity contribution >= 4 is 60.4 Å². The van der Waals surface area contributed by atoms with Crippen molar-refractivity contribution < 1.29 is 0 Å². The number of fused-ring (bicyclic) bond motifs is 8. The quantitative estimate of drug-likeness (QED) is 0.206. The lowest BCUT2D eigenvalue weighted by Gasteiger charge is -2.27. The summed E-state index contributed by atoms with van der Waals surface area (Å²) in [6, 6.07) is 60.3. The first kappa shape index (κ1) is 27.9. The molecule has 0 atom stereocenters. The number of aromatic amines is 1. The number of anilines is 3. The Bertz CT molecular complexity index is 2680. The molecule has 1 aromatic heterocycles. The molecular formula is C47H34N2. The van der Waals surface area contributed by atoms with Gasteiger partial charge >= 0.3 is 0 Å². The molecule has 0 unspecified atom stereocenters. The van der Waals surface area contributed by atoms with Gasteiger partial charge in [0, 0.05) is 44.3 Å². The fourth-order valence-corrected chi connectivity index (χ4v) is 8.26. The highest BCUT2D eigenvalue weighted by Gasteiger charge is 2.35. The van der Waals surface area contributed by atoms with Gasteiger partial charge in [0.2, 0.25) is 0 Å². The van der Waals surface area contributed by atoms with E-state index in [1.807, 2.05) is 0 Å². The van der Waals surface area contributed by atoms with Gasteiger partial charge in [-0.2, -0.15) is 0 Å². The summed E-state index contributed by atoms with van der Waals surface area (Å²) in [6.07, 6.45) is 0. The third kappa shape index (κ3) is 4.27. The summed E-state index contributed by atoms with van der Waals surface area (Å²) >= 11 is 0. The van der Waals surface area contributed by atoms with Crippen molar-refractivity contribution in [1.82, 2.24) is 4.98 Å². The van der Waals surface area contributed by atoms with Crippen molar-refractivity contribution in [3.05, 3.63) is 175 Å². The van der Waals surface area contributed by atoms with Crippen LogP contribution in [0, 0.1) is 0 Å². The Kier molecular flexibility index (Phi) is 5.95. The number of benzene rings is 8. The fourth-order valence-electron chi connectivity index (χ4n) is 8.26. The van der Waals surface area contributed by atoms with Crippen LogP contribution in [0.2, 0.25) is 0 Å². The molecule has 8 aromatic carbocycles. The second-order valence-corrected chi connectivity index (χ2v) is 13.9. The zero-order valence-corrected chi connectivity index (χ0v) is 27.5. The average molecular weight is 627 g/mol. The van der Waals surface area contributed by atoms with Crippen LogP contribution in [0.3, 0.4) is 0 Å². The first-order chi connectivity index (χ1) is 24.0. The van der Waals surface area contributed by atoms with E-state index in [2.05, 4.69) is 188 Å². The van der Waals surface area contributed by atoms with Gasteiger partial charge in [-0.05, 0) is 97.9 Å². The molecule has 0 amide bonds. The molecule has 0 saturated carbocycles. The van der Waals surface area contributed by atoms with Crippen LogP contribution in [0.4, 0.5) is 17.1 Å². The minimum atomic E-state index is -0.0360. The van der Waals surface area contributed by atoms with Crippen LogP contribution in [0.5, 0.6) is 0 Å². The van der Waals surface area contributed by atoms with Gasteiger partial charge < -0.3 is 9.88 Å². The van der Waals surface area contributed by atoms with Crippen molar-refractivity contribution in [3.63, 3.8) is 0 Å². The Morgan fingerprint density at radius 3 is 1.78 bits per heavy atom. The maximum absolute atomic E-state index is 3.82. The molecule has 0 bridgehead atoms. The second-order valence-electron chi connectivity index (χ2n) is 13.9. The molecule has 1 heterocycles. The summed E-state index contributed by atoms with van der Waals surface area (Å²) in [6.45, 7) is 4.69. The summed E-state index contributed by atoms with van der Waals surface area (Å²) < 4.78 is 0. The highest BCUT2D eigenvalue weighted by Crippen LogP contribution is 2.50. The van der Waals surface area contributed by atoms with E-state index < -0.39 is 0 Å². The zero-order valence-electron chi connectivity index (χ0n) is 27.5. The SMILES string of the molecule is CC1(C)c2ccccc2-c2cc(-c3cc(N(c4ccc5ccccc5c4)c4ccc5ccccc5c4)cc4c3[nH]c3ccccc34)ccc21. The molecule has 1 N–H and O–H groups in total. The highest BCUT2D eigenvalue weighted by atomic mass is 15.1. The van der Waals surface area contributed by atoms with E-state index in [4.69, 9.17) is 0 Å². The van der Waals surface area contributed by atoms with Crippen molar-refractivity contribution in [3.8, 4) is 22.3 Å². The first-order valence-electron chi connectivity index (χ1n) is 17.1. The summed E-state index contributed by atoms with van der Waals surface area (Å²) in [4.78, 5) is 6.25. The van der Waals surface area contributed by atoms with Crippen molar-refractivity contribution in [1.29, 1.82) is 0 Å². The molecule has 0 aliphatic heterocycles. The normalized spacial score (nSPS) is 13.3. The number of rotatable bonds is 4. The van der Waals surface area contributed by atoms with Crippen LogP contribution in [-0.2, 0) is 5.41 Å². The fraction of sp³-hybridized carbons (Fsp3) is 0.0638. The predicted octanol–water partition coefficient (Wildman–Crippen LogP) is 13.1. The Morgan fingerprint density at radius 1 is 0.429 bits per heavy atom. The minimum Gasteiger partial charge on any atom is -0.354 e. The van der Waals surface area contributed by atoms with Crippen molar-refractivity contribution in [2.75, 3.05) is 4.90 Å². The smallest absolute Gasteiger partial charge is 0.0546 e. The van der Waals surface area contributed by atoms with Crippen LogP contribution in [0.25, 0.3) is 65.6 Å². The molecule has 0 radical (unpaired) electrons. The summed E-state index contributed by atoms with van der Waals surface area (Å²) in [7, 11) is 0. The Balaban J connectivity index is 1.26. The number of H-pyrrole nitrogens is 1. The Labute approximate surface area is 285 Å². The van der Waals surface area contributed by atoms with E-state index in [1.54, 1.807) is 0 Å². The number of nitrogens with zero attached hydrogens (tertiary/aromatic N) is 1. The topological polar surface area (TPSA) is 19.0 Å². The third-order valence-corrected chi connectivity index (χ3v) is 10.7. The predicted molar refractivity (Wildman–Crippen MR) is 208 cm³/mol. The van der Waals surface area contributed by atoms with Crippen LogP contribution in [0.1, 0.15) is 25.0 Å². The molecule has 2 nitrogen and oxygen atoms in total. The number of nitrogens with one attached hydrogen (secondary N) is 1. The van der Waals surface area contributed by atoms with E-state index in [-0.39, 0.29) is 5.41 Å². The van der Waals surface area contributed by atoms with Crippen LogP contribution in [0.15, 0.2) is 164 Å². The number of para-hydroxylation sites is 1. The zero-order chi connectivity index (χ0) is 32.7. The lowest BCUT2D eigenvalue weighted by Crippen LogP contribution is -2.14. The van der Waals surface area contributed by atoms with Gasteiger partial charge in [0.05, 0.1) is 5.52 Å². The Morgan fingerprint density at radius 2 is 1.04 bits per heavy atom. The minimum absolute atomic E-state index is 0.0360. The molecular weight excluding hydrogens is 593 g/mol. The first-order valence-corrected chi connectivity index (χ1v) is 17.1. The van der Waals surface area contributed by atoms with Gasteiger partial charge in [0.25, 0.3) is 0 Å². The van der Waals surface area contributed by atoms with Gasteiger partial charge in [-0.15, -0.1) is 0 Å². The van der Waals surface area contributed by atoms with E-state index in [0.717, 1.165) is 28.1 Å². The molecule has 0 spiro atoms. The van der Waals surface area contributed by atoms with Crippen LogP contribution in [-0.4, -0.2) is 4.98 Å². The van der Waals surface area contributed by atoms with Gasteiger partial charge in [-0.3, -0.25) is 0 Å². The standard InChI is InChI=1S/C47H34N2/c1-47(2)43-17-9-7-15-38(43)41-27-34(21-24-44(41)47)40-28-37(29-42-39-16-8-10-18-45(39)48-46(40)42)49(35-22-19-30-11-3-5-13-32(30)25-35)36-23-20-31-12-4-6-14-33(31)26-36/h3-29,48H,1-2H3. The number of hydrogen-bond acceptors (Lipinski definition) is 1. The van der Waals surface area contributed by atoms with Gasteiger partial charge in [-0.1, -0.05) is 129 Å². The summed E-state index contributed by atoms with van der Waals surface area (Å²) in [5.74, 6) is 0. The van der Waals surface area contributed by atoms with E-state index in [9.17, 15) is 0 Å². The molecule has 2 heteroatoms. The van der Waals surface area contributed by atoms with E-state index in [1.165, 1.54) is 65.7 Å². The van der Waals surface area contributed by atoms with Gasteiger partial charge in [0.1, 0.15) is 0 Å². The average Bonchev–Trinajstić information content (AvgIpc) is 3.63. The third-order valence-electron chi connectivity index (χ3n) is 10.7. The van der Waals surface area contributed by atoms with E-state index >= 15 is 0 Å². The second kappa shape index (κ2) is 10.4. The molecule has 9 aromatic rings. The lowest BCUT2D eigenvalue weighted by atomic mass is 9.82. The molecule has 0 saturated heterocycles. The number of aromatic nitrogens is 1. The lowest BCUT2D eigenvalue weighted by molar-refractivity contribution is 0.660. The van der Waals surface area contributed by atoms with Crippen LogP contribution < -0.4 is 4.90 Å². The van der Waals surface area contributed by atoms with Gasteiger partial charge in [-0.25, -0.2) is 0 Å². The summed E-state index contributed by atoms with van der Waals surface area (Å²) in [5.41, 5.74) is 13.5. The van der Waals surface area contributed by atoms with Crippen LogP contribution >= 0.6 is 0 Å². The van der Waals surface area contributed by atoms with Crippen molar-refractivity contribution in [2.24, 2.45) is 0 Å². The maximum atomic E-state index is 3.82. The van der Waals surface area contributed by atoms with Crippen molar-refractivity contribution in [2.45, 2.75) is 19.3 Å². The largest absolute Gasteiger partial charge is 0.354 e. The highest BCUT2D eigenvalue weighted by molar-refractivity contribution is 6.14. The molecule has 232 valence electrons. The molecule has 49 heavy (non-hydrogen) atoms.